The Labute approximate surface area is 114 Å². The number of β-amino-alcohol motifs (C(OH)–C–C–N with tert-alkyl or cyclic N) is 1. The van der Waals surface area contributed by atoms with Gasteiger partial charge in [-0.3, -0.25) is 4.79 Å². The molecule has 0 spiro atoms. The number of aliphatic hydroxyl groups is 1. The highest BCUT2D eigenvalue weighted by Crippen LogP contribution is 2.14. The Morgan fingerprint density at radius 1 is 1.42 bits per heavy atom. The molecule has 1 aromatic carbocycles. The molecule has 1 saturated heterocycles. The molecular weight excluding hydrogens is 242 g/mol. The summed E-state index contributed by atoms with van der Waals surface area (Å²) < 4.78 is 5.51. The van der Waals surface area contributed by atoms with Gasteiger partial charge in [0.15, 0.2) is 0 Å². The van der Waals surface area contributed by atoms with Gasteiger partial charge in [-0.15, -0.1) is 0 Å². The number of likely N-dealkylation sites (tertiary alicyclic amines) is 1. The van der Waals surface area contributed by atoms with Gasteiger partial charge >= 0.3 is 0 Å². The molecule has 1 fully saturated rings. The van der Waals surface area contributed by atoms with Crippen molar-refractivity contribution in [3.05, 3.63) is 35.4 Å². The van der Waals surface area contributed by atoms with Gasteiger partial charge in [0.25, 0.3) is 5.91 Å². The standard InChI is InChI=1S/C15H21NO3/c1-11(2)19-10-12-3-5-13(6-4-12)15(18)16-8-7-14(17)9-16/h3-6,11,14,17H,7-10H2,1-2H3. The lowest BCUT2D eigenvalue weighted by molar-refractivity contribution is 0.0656. The molecule has 2 rings (SSSR count). The summed E-state index contributed by atoms with van der Waals surface area (Å²) in [4.78, 5) is 13.9. The first-order valence-corrected chi connectivity index (χ1v) is 6.74. The molecule has 0 aliphatic carbocycles. The SMILES string of the molecule is CC(C)OCc1ccc(C(=O)N2CCC(O)C2)cc1. The van der Waals surface area contributed by atoms with Gasteiger partial charge in [-0.1, -0.05) is 12.1 Å². The highest BCUT2D eigenvalue weighted by atomic mass is 16.5. The summed E-state index contributed by atoms with van der Waals surface area (Å²) in [7, 11) is 0. The highest BCUT2D eigenvalue weighted by molar-refractivity contribution is 5.94. The van der Waals surface area contributed by atoms with E-state index in [2.05, 4.69) is 0 Å². The van der Waals surface area contributed by atoms with Crippen LogP contribution in [0.15, 0.2) is 24.3 Å². The van der Waals surface area contributed by atoms with Gasteiger partial charge < -0.3 is 14.7 Å². The molecule has 0 saturated carbocycles. The lowest BCUT2D eigenvalue weighted by Gasteiger charge is -2.15. The second-order valence-corrected chi connectivity index (χ2v) is 5.25. The Morgan fingerprint density at radius 3 is 2.63 bits per heavy atom. The van der Waals surface area contributed by atoms with Crippen molar-refractivity contribution in [1.29, 1.82) is 0 Å². The maximum atomic E-state index is 12.2. The predicted octanol–water partition coefficient (Wildman–Crippen LogP) is 1.82. The van der Waals surface area contributed by atoms with E-state index in [0.717, 1.165) is 5.56 Å². The molecule has 1 amide bonds. The molecule has 1 unspecified atom stereocenters. The minimum Gasteiger partial charge on any atom is -0.391 e. The van der Waals surface area contributed by atoms with Gasteiger partial charge in [-0.05, 0) is 38.0 Å². The number of hydrogen-bond donors (Lipinski definition) is 1. The van der Waals surface area contributed by atoms with Crippen molar-refractivity contribution < 1.29 is 14.6 Å². The monoisotopic (exact) mass is 263 g/mol. The van der Waals surface area contributed by atoms with Crippen molar-refractivity contribution in [2.75, 3.05) is 13.1 Å². The summed E-state index contributed by atoms with van der Waals surface area (Å²) in [5, 5.41) is 9.45. The van der Waals surface area contributed by atoms with Gasteiger partial charge in [0, 0.05) is 18.7 Å². The van der Waals surface area contributed by atoms with E-state index in [1.165, 1.54) is 0 Å². The highest BCUT2D eigenvalue weighted by Gasteiger charge is 2.25. The van der Waals surface area contributed by atoms with Crippen molar-refractivity contribution in [3.8, 4) is 0 Å². The Balaban J connectivity index is 1.96. The molecule has 1 aliphatic rings. The summed E-state index contributed by atoms with van der Waals surface area (Å²) in [5.74, 6) is -0.00659. The maximum absolute atomic E-state index is 12.2. The molecule has 1 aromatic rings. The minimum absolute atomic E-state index is 0.00659. The molecule has 104 valence electrons. The van der Waals surface area contributed by atoms with E-state index in [0.29, 0.717) is 31.7 Å². The summed E-state index contributed by atoms with van der Waals surface area (Å²) in [6.07, 6.45) is 0.501. The fourth-order valence-electron chi connectivity index (χ4n) is 2.12. The molecule has 1 aliphatic heterocycles. The van der Waals surface area contributed by atoms with Crippen LogP contribution in [-0.4, -0.2) is 41.2 Å². The van der Waals surface area contributed by atoms with E-state index < -0.39 is 0 Å². The zero-order valence-corrected chi connectivity index (χ0v) is 11.5. The molecule has 1 heterocycles. The van der Waals surface area contributed by atoms with E-state index >= 15 is 0 Å². The van der Waals surface area contributed by atoms with Gasteiger partial charge in [0.05, 0.1) is 18.8 Å². The largest absolute Gasteiger partial charge is 0.391 e. The van der Waals surface area contributed by atoms with Gasteiger partial charge in [-0.25, -0.2) is 0 Å². The number of benzene rings is 1. The van der Waals surface area contributed by atoms with Gasteiger partial charge in [0.2, 0.25) is 0 Å². The first-order valence-electron chi connectivity index (χ1n) is 6.74. The predicted molar refractivity (Wildman–Crippen MR) is 72.9 cm³/mol. The molecule has 1 N–H and O–H groups in total. The molecular formula is C15H21NO3. The van der Waals surface area contributed by atoms with Crippen molar-refractivity contribution in [3.63, 3.8) is 0 Å². The number of aliphatic hydroxyl groups excluding tert-OH is 1. The van der Waals surface area contributed by atoms with Crippen molar-refractivity contribution in [1.82, 2.24) is 4.90 Å². The zero-order valence-electron chi connectivity index (χ0n) is 11.5. The van der Waals surface area contributed by atoms with E-state index in [9.17, 15) is 9.90 Å². The van der Waals surface area contributed by atoms with Crippen LogP contribution < -0.4 is 0 Å². The van der Waals surface area contributed by atoms with Crippen molar-refractivity contribution in [2.24, 2.45) is 0 Å². The number of carbonyl (C=O) groups is 1. The number of ether oxygens (including phenoxy) is 1. The summed E-state index contributed by atoms with van der Waals surface area (Å²) in [5.41, 5.74) is 1.73. The number of rotatable bonds is 4. The van der Waals surface area contributed by atoms with Crippen LogP contribution in [0.5, 0.6) is 0 Å². The molecule has 0 aromatic heterocycles. The van der Waals surface area contributed by atoms with E-state index in [-0.39, 0.29) is 18.1 Å². The zero-order chi connectivity index (χ0) is 13.8. The number of carbonyl (C=O) groups excluding carboxylic acids is 1. The lowest BCUT2D eigenvalue weighted by Crippen LogP contribution is -2.29. The van der Waals surface area contributed by atoms with Gasteiger partial charge in [-0.2, -0.15) is 0 Å². The Hall–Kier alpha value is -1.39. The summed E-state index contributed by atoms with van der Waals surface area (Å²) in [6, 6.07) is 7.49. The van der Waals surface area contributed by atoms with E-state index in [1.54, 1.807) is 4.90 Å². The quantitative estimate of drug-likeness (QED) is 0.901. The van der Waals surface area contributed by atoms with Crippen LogP contribution in [0.4, 0.5) is 0 Å². The second kappa shape index (κ2) is 6.17. The van der Waals surface area contributed by atoms with Crippen LogP contribution >= 0.6 is 0 Å². The topological polar surface area (TPSA) is 49.8 Å². The second-order valence-electron chi connectivity index (χ2n) is 5.25. The van der Waals surface area contributed by atoms with Crippen LogP contribution in [0.25, 0.3) is 0 Å². The molecule has 19 heavy (non-hydrogen) atoms. The van der Waals surface area contributed by atoms with Crippen molar-refractivity contribution >= 4 is 5.91 Å². The number of hydrogen-bond acceptors (Lipinski definition) is 3. The molecule has 1 atom stereocenters. The molecule has 4 heteroatoms. The Kier molecular flexibility index (Phi) is 4.56. The van der Waals surface area contributed by atoms with Crippen LogP contribution in [-0.2, 0) is 11.3 Å². The van der Waals surface area contributed by atoms with Gasteiger partial charge in [0.1, 0.15) is 0 Å². The third kappa shape index (κ3) is 3.78. The van der Waals surface area contributed by atoms with E-state index in [1.807, 2.05) is 38.1 Å². The number of nitrogens with zero attached hydrogens (tertiary/aromatic N) is 1. The van der Waals surface area contributed by atoms with Crippen molar-refractivity contribution in [2.45, 2.75) is 39.1 Å². The van der Waals surface area contributed by atoms with Crippen LogP contribution in [0.3, 0.4) is 0 Å². The smallest absolute Gasteiger partial charge is 0.253 e. The average Bonchev–Trinajstić information content (AvgIpc) is 2.83. The normalized spacial score (nSPS) is 19.2. The van der Waals surface area contributed by atoms with Crippen LogP contribution in [0.1, 0.15) is 36.2 Å². The maximum Gasteiger partial charge on any atom is 0.253 e. The fourth-order valence-corrected chi connectivity index (χ4v) is 2.12. The van der Waals surface area contributed by atoms with Crippen LogP contribution in [0.2, 0.25) is 0 Å². The minimum atomic E-state index is -0.373. The summed E-state index contributed by atoms with van der Waals surface area (Å²) in [6.45, 7) is 5.64. The van der Waals surface area contributed by atoms with Crippen LogP contribution in [0, 0.1) is 0 Å². The molecule has 4 nitrogen and oxygen atoms in total. The third-order valence-corrected chi connectivity index (χ3v) is 3.23. The summed E-state index contributed by atoms with van der Waals surface area (Å²) >= 11 is 0. The molecule has 0 radical (unpaired) electrons. The first kappa shape index (κ1) is 14.0. The first-order chi connectivity index (χ1) is 9.06. The third-order valence-electron chi connectivity index (χ3n) is 3.23. The fraction of sp³-hybridized carbons (Fsp3) is 0.533. The average molecular weight is 263 g/mol. The molecule has 0 bridgehead atoms. The Morgan fingerprint density at radius 2 is 2.11 bits per heavy atom. The number of amides is 1. The van der Waals surface area contributed by atoms with E-state index in [4.69, 9.17) is 4.74 Å². The Bertz CT molecular complexity index is 428. The lowest BCUT2D eigenvalue weighted by atomic mass is 10.1.